The summed E-state index contributed by atoms with van der Waals surface area (Å²) in [5.74, 6) is 1.45. The topological polar surface area (TPSA) is 401 Å². The summed E-state index contributed by atoms with van der Waals surface area (Å²) in [6.07, 6.45) is 28.8. The van der Waals surface area contributed by atoms with Gasteiger partial charge in [0, 0.05) is 167 Å². The van der Waals surface area contributed by atoms with Gasteiger partial charge in [0.05, 0.1) is 66.6 Å². The van der Waals surface area contributed by atoms with Crippen LogP contribution in [-0.2, 0) is 66.8 Å². The van der Waals surface area contributed by atoms with Crippen molar-refractivity contribution in [3.8, 4) is 23.5 Å². The molecule has 0 spiro atoms. The molecule has 12 aromatic heterocycles. The Hall–Kier alpha value is -12.2. The number of aromatic nitrogens is 12. The van der Waals surface area contributed by atoms with Gasteiger partial charge in [0.2, 0.25) is 23.5 Å². The Labute approximate surface area is 769 Å². The zero-order valence-corrected chi connectivity index (χ0v) is 78.4. The minimum atomic E-state index is -0.516. The van der Waals surface area contributed by atoms with Gasteiger partial charge in [0.25, 0.3) is 0 Å². The number of rotatable bonds is 24. The fourth-order valence-electron chi connectivity index (χ4n) is 16.8. The van der Waals surface area contributed by atoms with Crippen LogP contribution in [-0.4, -0.2) is 133 Å². The number of carbonyl (C=O) groups is 4. The first-order valence-electron chi connectivity index (χ1n) is 46.8. The summed E-state index contributed by atoms with van der Waals surface area (Å²) in [5.41, 5.74) is 40.7. The molecule has 12 atom stereocenters. The minimum Gasteiger partial charge on any atom is -0.474 e. The van der Waals surface area contributed by atoms with Crippen LogP contribution in [0.3, 0.4) is 0 Å². The first kappa shape index (κ1) is 91.6. The van der Waals surface area contributed by atoms with Gasteiger partial charge in [-0.2, -0.15) is 0 Å². The summed E-state index contributed by atoms with van der Waals surface area (Å²) in [7, 11) is 0. The van der Waals surface area contributed by atoms with Gasteiger partial charge in [-0.05, 0) is 249 Å². The maximum atomic E-state index is 12.2. The second kappa shape index (κ2) is 36.7. The number of nitrogens with zero attached hydrogens (tertiary/aromatic N) is 12. The molecule has 4 saturated carbocycles. The molecule has 28 nitrogen and oxygen atoms in total. The lowest BCUT2D eigenvalue weighted by Gasteiger charge is -2.27. The second-order valence-electron chi connectivity index (χ2n) is 38.4. The van der Waals surface area contributed by atoms with E-state index in [0.717, 1.165) is 211 Å². The molecule has 0 aromatic carbocycles. The Kier molecular flexibility index (Phi) is 25.5. The van der Waals surface area contributed by atoms with E-state index in [4.69, 9.17) is 101 Å². The standard InChI is InChI=1S/4C26H30N4O3/c4*1-5-26(4,27)22-13-29-24(33-18-7-8-18)21-12-28-17(11-20(21)22)10-16-6-9-19-23(30-16)14(2)15(3)32-25(19)31/h4*6,9,11-15,18H,5,7-8,10,27H2,1-4H3/t2*14-,15+,26+;2*14-,15+,26-/m1010/s1. The Bertz CT molecular complexity index is 5710. The number of hydrogen-bond acceptors (Lipinski definition) is 28. The molecule has 4 aliphatic carbocycles. The van der Waals surface area contributed by atoms with Crippen molar-refractivity contribution >= 4 is 67.0 Å². The SMILES string of the molecule is CC[C@@](C)(N)c1cnc(OC2CC2)c2cnc(Cc3ccc4c(n3)[C@@H](C)[C@@H](C)OC4=O)cc12.CC[C@@](C)(N)c1cnc(OC2CC2)c2cnc(Cc3ccc4c(n3)[C@H](C)[C@H](C)OC4=O)cc12.CC[C@](C)(N)c1cnc(OC2CC2)c2cnc(Cc3ccc4c(n3)[C@@H](C)[C@@H](C)OC4=O)cc12.CC[C@](C)(N)c1cnc(OC2CC2)c2cnc(Cc3ccc4c(n3)[C@H](C)[C@H](C)OC4=O)cc12. The summed E-state index contributed by atoms with van der Waals surface area (Å²) < 4.78 is 45.8. The molecular weight excluding hydrogens is 1670 g/mol. The van der Waals surface area contributed by atoms with Gasteiger partial charge in [0.15, 0.2) is 0 Å². The summed E-state index contributed by atoms with van der Waals surface area (Å²) in [5, 5.41) is 7.60. The van der Waals surface area contributed by atoms with E-state index in [0.29, 0.717) is 71.5 Å². The van der Waals surface area contributed by atoms with Crippen LogP contribution in [0.2, 0.25) is 0 Å². The highest BCUT2D eigenvalue weighted by atomic mass is 16.6. The van der Waals surface area contributed by atoms with Crippen molar-refractivity contribution in [2.45, 2.75) is 308 Å². The molecule has 16 heterocycles. The van der Waals surface area contributed by atoms with Gasteiger partial charge in [-0.3, -0.25) is 39.9 Å². The lowest BCUT2D eigenvalue weighted by atomic mass is 9.88. The van der Waals surface area contributed by atoms with Crippen LogP contribution in [0.4, 0.5) is 0 Å². The number of cyclic esters (lactones) is 4. The largest absolute Gasteiger partial charge is 0.474 e. The lowest BCUT2D eigenvalue weighted by molar-refractivity contribution is 0.0225. The van der Waals surface area contributed by atoms with Crippen molar-refractivity contribution in [3.63, 3.8) is 0 Å². The van der Waals surface area contributed by atoms with Gasteiger partial charge >= 0.3 is 23.9 Å². The summed E-state index contributed by atoms with van der Waals surface area (Å²) in [6.45, 7) is 32.2. The van der Waals surface area contributed by atoms with Crippen LogP contribution in [0, 0.1) is 0 Å². The van der Waals surface area contributed by atoms with Crippen molar-refractivity contribution < 1.29 is 57.1 Å². The van der Waals surface area contributed by atoms with Crippen molar-refractivity contribution in [1.82, 2.24) is 59.8 Å². The number of pyridine rings is 12. The number of fused-ring (bicyclic) bond motifs is 8. The van der Waals surface area contributed by atoms with Crippen molar-refractivity contribution in [2.24, 2.45) is 22.9 Å². The number of hydrogen-bond donors (Lipinski definition) is 4. The molecule has 132 heavy (non-hydrogen) atoms. The molecule has 0 radical (unpaired) electrons. The van der Waals surface area contributed by atoms with E-state index in [-0.39, 0.29) is 96.4 Å². The number of esters is 4. The minimum absolute atomic E-state index is 0.0459. The van der Waals surface area contributed by atoms with Crippen LogP contribution in [0.5, 0.6) is 23.5 Å². The predicted octanol–water partition coefficient (Wildman–Crippen LogP) is 17.6. The van der Waals surface area contributed by atoms with Crippen LogP contribution in [0.15, 0.2) is 122 Å². The molecule has 0 saturated heterocycles. The third-order valence-corrected chi connectivity index (χ3v) is 27.7. The molecule has 8 N–H and O–H groups in total. The van der Waals surface area contributed by atoms with Gasteiger partial charge in [-0.25, -0.2) is 39.1 Å². The molecule has 20 rings (SSSR count). The molecule has 8 aliphatic rings. The third kappa shape index (κ3) is 19.4. The van der Waals surface area contributed by atoms with E-state index < -0.39 is 22.2 Å². The van der Waals surface area contributed by atoms with Crippen LogP contribution in [0.1, 0.15) is 344 Å². The lowest BCUT2D eigenvalue weighted by Crippen LogP contribution is -2.32. The van der Waals surface area contributed by atoms with Crippen molar-refractivity contribution in [3.05, 3.63) is 235 Å². The molecule has 12 aromatic rings. The highest BCUT2D eigenvalue weighted by Gasteiger charge is 2.39. The first-order chi connectivity index (χ1) is 63.1. The molecule has 4 aliphatic heterocycles. The van der Waals surface area contributed by atoms with Gasteiger partial charge < -0.3 is 60.8 Å². The quantitative estimate of drug-likeness (QED) is 0.0322. The van der Waals surface area contributed by atoms with Crippen LogP contribution < -0.4 is 41.9 Å². The Morgan fingerprint density at radius 3 is 0.667 bits per heavy atom. The van der Waals surface area contributed by atoms with E-state index in [9.17, 15) is 19.2 Å². The van der Waals surface area contributed by atoms with E-state index >= 15 is 0 Å². The fourth-order valence-corrected chi connectivity index (χ4v) is 16.8. The fraction of sp³-hybridized carbons (Fsp3) is 0.462. The van der Waals surface area contributed by atoms with E-state index in [1.165, 1.54) is 0 Å². The maximum absolute atomic E-state index is 12.2. The molecular formula is C104H120N16O12. The van der Waals surface area contributed by atoms with E-state index in [2.05, 4.69) is 71.9 Å². The summed E-state index contributed by atoms with van der Waals surface area (Å²) in [6, 6.07) is 23.1. The van der Waals surface area contributed by atoms with Gasteiger partial charge in [-0.1, -0.05) is 55.4 Å². The van der Waals surface area contributed by atoms with E-state index in [1.54, 1.807) is 0 Å². The summed E-state index contributed by atoms with van der Waals surface area (Å²) in [4.78, 5) is 105. The Balaban J connectivity index is 0.000000123. The molecule has 28 heteroatoms. The smallest absolute Gasteiger partial charge is 0.340 e. The van der Waals surface area contributed by atoms with Gasteiger partial charge in [-0.15, -0.1) is 0 Å². The van der Waals surface area contributed by atoms with Crippen molar-refractivity contribution in [1.29, 1.82) is 0 Å². The normalized spacial score (nSPS) is 21.9. The highest BCUT2D eigenvalue weighted by Crippen LogP contribution is 2.44. The number of nitrogens with two attached hydrogens (primary N) is 4. The van der Waals surface area contributed by atoms with Crippen LogP contribution >= 0.6 is 0 Å². The maximum Gasteiger partial charge on any atom is 0.340 e. The third-order valence-electron chi connectivity index (χ3n) is 27.7. The average Bonchev–Trinajstić information content (AvgIpc) is 0.791. The molecule has 4 fully saturated rings. The number of carbonyl (C=O) groups excluding carboxylic acids is 4. The predicted molar refractivity (Wildman–Crippen MR) is 501 cm³/mol. The molecule has 0 bridgehead atoms. The number of ether oxygens (including phenoxy) is 8. The first-order valence-corrected chi connectivity index (χ1v) is 46.8. The highest BCUT2D eigenvalue weighted by molar-refractivity contribution is 5.96. The van der Waals surface area contributed by atoms with Gasteiger partial charge in [0.1, 0.15) is 48.8 Å². The Morgan fingerprint density at radius 2 is 0.485 bits per heavy atom. The average molecular weight is 1790 g/mol. The van der Waals surface area contributed by atoms with Crippen molar-refractivity contribution in [2.75, 3.05) is 0 Å². The van der Waals surface area contributed by atoms with E-state index in [1.807, 2.05) is 181 Å². The molecule has 0 unspecified atom stereocenters. The zero-order valence-electron chi connectivity index (χ0n) is 78.4. The second-order valence-corrected chi connectivity index (χ2v) is 38.4. The zero-order chi connectivity index (χ0) is 93.3. The van der Waals surface area contributed by atoms with Crippen LogP contribution in [0.25, 0.3) is 43.1 Å². The molecule has 0 amide bonds. The monoisotopic (exact) mass is 1780 g/mol. The Morgan fingerprint density at radius 1 is 0.288 bits per heavy atom. The molecule has 688 valence electrons. The summed E-state index contributed by atoms with van der Waals surface area (Å²) >= 11 is 0.